The highest BCUT2D eigenvalue weighted by Gasteiger charge is 2.27. The number of halogens is 1. The maximum atomic E-state index is 11.4. The van der Waals surface area contributed by atoms with Gasteiger partial charge < -0.3 is 10.6 Å². The van der Waals surface area contributed by atoms with Gasteiger partial charge in [0.15, 0.2) is 0 Å². The van der Waals surface area contributed by atoms with Gasteiger partial charge in [0, 0.05) is 18.7 Å². The first-order chi connectivity index (χ1) is 9.58. The van der Waals surface area contributed by atoms with Crippen molar-refractivity contribution in [2.45, 2.75) is 19.8 Å². The summed E-state index contributed by atoms with van der Waals surface area (Å²) >= 11 is 6.16. The van der Waals surface area contributed by atoms with Crippen LogP contribution in [-0.4, -0.2) is 38.6 Å². The number of aromatic nitrogens is 4. The highest BCUT2D eigenvalue weighted by Crippen LogP contribution is 2.29. The molecule has 0 saturated carbocycles. The third-order valence-electron chi connectivity index (χ3n) is 3.70. The van der Waals surface area contributed by atoms with Gasteiger partial charge in [0.2, 0.25) is 5.91 Å². The molecule has 1 aliphatic heterocycles. The molecule has 1 unspecified atom stereocenters. The molecule has 0 spiro atoms. The van der Waals surface area contributed by atoms with E-state index >= 15 is 0 Å². The van der Waals surface area contributed by atoms with Crippen LogP contribution in [0.3, 0.4) is 0 Å². The summed E-state index contributed by atoms with van der Waals surface area (Å²) in [5, 5.41) is 4.60. The van der Waals surface area contributed by atoms with E-state index in [2.05, 4.69) is 20.0 Å². The molecular weight excluding hydrogens is 280 g/mol. The summed E-state index contributed by atoms with van der Waals surface area (Å²) in [6.45, 7) is 3.30. The van der Waals surface area contributed by atoms with Gasteiger partial charge in [-0.15, -0.1) is 0 Å². The highest BCUT2D eigenvalue weighted by molar-refractivity contribution is 6.30. The van der Waals surface area contributed by atoms with E-state index in [4.69, 9.17) is 17.3 Å². The van der Waals surface area contributed by atoms with E-state index in [0.717, 1.165) is 30.8 Å². The SMILES string of the molecule is Cc1c(Cl)nc2ncnn2c1N1CCCC(C(N)=O)C1. The van der Waals surface area contributed by atoms with Crippen LogP contribution in [0.4, 0.5) is 5.82 Å². The zero-order valence-electron chi connectivity index (χ0n) is 11.1. The first-order valence-corrected chi connectivity index (χ1v) is 6.86. The Morgan fingerprint density at radius 2 is 2.35 bits per heavy atom. The average Bonchev–Trinajstić information content (AvgIpc) is 2.87. The molecule has 2 aromatic rings. The van der Waals surface area contributed by atoms with Gasteiger partial charge in [-0.25, -0.2) is 0 Å². The van der Waals surface area contributed by atoms with E-state index in [0.29, 0.717) is 17.5 Å². The zero-order chi connectivity index (χ0) is 14.3. The minimum atomic E-state index is -0.262. The Hall–Kier alpha value is -1.89. The van der Waals surface area contributed by atoms with Gasteiger partial charge in [0.25, 0.3) is 5.78 Å². The summed E-state index contributed by atoms with van der Waals surface area (Å²) < 4.78 is 1.66. The first kappa shape index (κ1) is 13.1. The summed E-state index contributed by atoms with van der Waals surface area (Å²) in [7, 11) is 0. The van der Waals surface area contributed by atoms with Crippen LogP contribution in [0.5, 0.6) is 0 Å². The van der Waals surface area contributed by atoms with E-state index in [-0.39, 0.29) is 11.8 Å². The monoisotopic (exact) mass is 294 g/mol. The third kappa shape index (κ3) is 2.07. The number of hydrogen-bond donors (Lipinski definition) is 1. The third-order valence-corrected chi connectivity index (χ3v) is 4.06. The number of carbonyl (C=O) groups is 1. The molecule has 2 aromatic heterocycles. The van der Waals surface area contributed by atoms with Gasteiger partial charge in [-0.1, -0.05) is 11.6 Å². The van der Waals surface area contributed by atoms with Crippen molar-refractivity contribution in [3.63, 3.8) is 0 Å². The fourth-order valence-corrected chi connectivity index (χ4v) is 2.82. The summed E-state index contributed by atoms with van der Waals surface area (Å²) in [6, 6.07) is 0. The number of nitrogens with zero attached hydrogens (tertiary/aromatic N) is 5. The number of rotatable bonds is 2. The van der Waals surface area contributed by atoms with Crippen LogP contribution in [0.2, 0.25) is 5.15 Å². The van der Waals surface area contributed by atoms with Gasteiger partial charge >= 0.3 is 0 Å². The number of amides is 1. The van der Waals surface area contributed by atoms with Crippen molar-refractivity contribution in [2.75, 3.05) is 18.0 Å². The predicted octanol–water partition coefficient (Wildman–Crippen LogP) is 0.788. The van der Waals surface area contributed by atoms with Crippen molar-refractivity contribution in [3.05, 3.63) is 17.0 Å². The Bertz CT molecular complexity index is 669. The van der Waals surface area contributed by atoms with E-state index in [1.165, 1.54) is 6.33 Å². The van der Waals surface area contributed by atoms with E-state index in [9.17, 15) is 4.79 Å². The lowest BCUT2D eigenvalue weighted by Gasteiger charge is -2.33. The van der Waals surface area contributed by atoms with Gasteiger partial charge in [0.05, 0.1) is 5.92 Å². The molecule has 1 amide bonds. The Morgan fingerprint density at radius 3 is 3.10 bits per heavy atom. The van der Waals surface area contributed by atoms with Crippen molar-refractivity contribution >= 4 is 29.1 Å². The Morgan fingerprint density at radius 1 is 1.55 bits per heavy atom. The second-order valence-corrected chi connectivity index (χ2v) is 5.37. The topological polar surface area (TPSA) is 89.4 Å². The molecule has 1 aliphatic rings. The fourth-order valence-electron chi connectivity index (χ4n) is 2.66. The van der Waals surface area contributed by atoms with Crippen molar-refractivity contribution in [3.8, 4) is 0 Å². The molecule has 0 bridgehead atoms. The highest BCUT2D eigenvalue weighted by atomic mass is 35.5. The minimum Gasteiger partial charge on any atom is -0.369 e. The van der Waals surface area contributed by atoms with Gasteiger partial charge in [0.1, 0.15) is 17.3 Å². The Balaban J connectivity index is 2.06. The number of anilines is 1. The molecule has 8 heteroatoms. The standard InChI is InChI=1S/C12H15ClN6O/c1-7-9(13)17-12-15-6-16-19(12)11(7)18-4-2-3-8(5-18)10(14)20/h6,8H,2-5H2,1H3,(H2,14,20). The maximum absolute atomic E-state index is 11.4. The van der Waals surface area contributed by atoms with Crippen LogP contribution in [0.15, 0.2) is 6.33 Å². The summed E-state index contributed by atoms with van der Waals surface area (Å²) in [4.78, 5) is 21.8. The second-order valence-electron chi connectivity index (χ2n) is 5.01. The van der Waals surface area contributed by atoms with E-state index in [1.807, 2.05) is 6.92 Å². The van der Waals surface area contributed by atoms with Crippen LogP contribution in [-0.2, 0) is 4.79 Å². The Kier molecular flexibility index (Phi) is 3.21. The van der Waals surface area contributed by atoms with Gasteiger partial charge in [-0.2, -0.15) is 19.6 Å². The molecule has 106 valence electrons. The lowest BCUT2D eigenvalue weighted by atomic mass is 9.97. The summed E-state index contributed by atoms with van der Waals surface area (Å²) in [5.41, 5.74) is 6.26. The molecule has 1 atom stereocenters. The molecule has 1 fully saturated rings. The Labute approximate surface area is 120 Å². The van der Waals surface area contributed by atoms with Crippen LogP contribution in [0.1, 0.15) is 18.4 Å². The maximum Gasteiger partial charge on any atom is 0.255 e. The molecular formula is C12H15ClN6O. The van der Waals surface area contributed by atoms with Crippen LogP contribution in [0.25, 0.3) is 5.78 Å². The molecule has 2 N–H and O–H groups in total. The molecule has 20 heavy (non-hydrogen) atoms. The predicted molar refractivity (Wildman–Crippen MR) is 74.7 cm³/mol. The molecule has 3 rings (SSSR count). The largest absolute Gasteiger partial charge is 0.369 e. The number of hydrogen-bond acceptors (Lipinski definition) is 5. The van der Waals surface area contributed by atoms with Crippen LogP contribution >= 0.6 is 11.6 Å². The summed E-state index contributed by atoms with van der Waals surface area (Å²) in [6.07, 6.45) is 3.17. The lowest BCUT2D eigenvalue weighted by Crippen LogP contribution is -2.42. The van der Waals surface area contributed by atoms with E-state index < -0.39 is 0 Å². The van der Waals surface area contributed by atoms with Crippen molar-refractivity contribution in [2.24, 2.45) is 11.7 Å². The van der Waals surface area contributed by atoms with Gasteiger partial charge in [-0.05, 0) is 19.8 Å². The fraction of sp³-hybridized carbons (Fsp3) is 0.500. The van der Waals surface area contributed by atoms with Crippen molar-refractivity contribution < 1.29 is 4.79 Å². The quantitative estimate of drug-likeness (QED) is 0.827. The number of piperidine rings is 1. The molecule has 1 saturated heterocycles. The molecule has 0 aromatic carbocycles. The molecule has 7 nitrogen and oxygen atoms in total. The molecule has 0 radical (unpaired) electrons. The summed E-state index contributed by atoms with van der Waals surface area (Å²) in [5.74, 6) is 0.885. The van der Waals surface area contributed by atoms with Crippen LogP contribution < -0.4 is 10.6 Å². The molecule has 0 aliphatic carbocycles. The number of nitrogens with two attached hydrogens (primary N) is 1. The number of carbonyl (C=O) groups excluding carboxylic acids is 1. The minimum absolute atomic E-state index is 0.145. The lowest BCUT2D eigenvalue weighted by molar-refractivity contribution is -0.122. The first-order valence-electron chi connectivity index (χ1n) is 6.48. The van der Waals surface area contributed by atoms with Crippen molar-refractivity contribution in [1.29, 1.82) is 0 Å². The number of fused-ring (bicyclic) bond motifs is 1. The zero-order valence-corrected chi connectivity index (χ0v) is 11.8. The average molecular weight is 295 g/mol. The van der Waals surface area contributed by atoms with Crippen LogP contribution in [0, 0.1) is 12.8 Å². The molecule has 3 heterocycles. The van der Waals surface area contributed by atoms with Gasteiger partial charge in [-0.3, -0.25) is 4.79 Å². The normalized spacial score (nSPS) is 19.5. The smallest absolute Gasteiger partial charge is 0.255 e. The second kappa shape index (κ2) is 4.90. The number of primary amides is 1. The van der Waals surface area contributed by atoms with Crippen molar-refractivity contribution in [1.82, 2.24) is 19.6 Å². The van der Waals surface area contributed by atoms with E-state index in [1.54, 1.807) is 4.52 Å².